The van der Waals surface area contributed by atoms with Gasteiger partial charge in [-0.2, -0.15) is 5.26 Å². The Kier molecular flexibility index (Phi) is 5.79. The van der Waals surface area contributed by atoms with Crippen LogP contribution >= 0.6 is 0 Å². The first-order chi connectivity index (χ1) is 13.6. The number of nitrogens with zero attached hydrogens (tertiary/aromatic N) is 2. The molecule has 3 aromatic rings. The highest BCUT2D eigenvalue weighted by molar-refractivity contribution is 5.94. The Morgan fingerprint density at radius 1 is 1.18 bits per heavy atom. The predicted octanol–water partition coefficient (Wildman–Crippen LogP) is 2.95. The predicted molar refractivity (Wildman–Crippen MR) is 99.5 cm³/mol. The Hall–Kier alpha value is -3.54. The van der Waals surface area contributed by atoms with E-state index in [9.17, 15) is 15.2 Å². The van der Waals surface area contributed by atoms with E-state index < -0.39 is 5.97 Å². The summed E-state index contributed by atoms with van der Waals surface area (Å²) in [5, 5.41) is 20.0. The topological polar surface area (TPSA) is 103 Å². The lowest BCUT2D eigenvalue weighted by atomic mass is 10.1. The van der Waals surface area contributed by atoms with Crippen molar-refractivity contribution in [1.29, 1.82) is 5.26 Å². The van der Waals surface area contributed by atoms with Gasteiger partial charge in [0.05, 0.1) is 16.5 Å². The Morgan fingerprint density at radius 3 is 2.68 bits per heavy atom. The number of ether oxygens (including phenoxy) is 4. The zero-order valence-electron chi connectivity index (χ0n) is 15.3. The summed E-state index contributed by atoms with van der Waals surface area (Å²) >= 11 is 0. The van der Waals surface area contributed by atoms with Gasteiger partial charge in [-0.25, -0.2) is 4.79 Å². The van der Waals surface area contributed by atoms with Gasteiger partial charge in [0.25, 0.3) is 0 Å². The SMILES string of the molecule is COCOC(=O)c1ccc(-n2cc(C#N)c3c(O)cccc32)cc1OCOC. The molecule has 0 aliphatic heterocycles. The first kappa shape index (κ1) is 19.2. The highest BCUT2D eigenvalue weighted by atomic mass is 16.7. The van der Waals surface area contributed by atoms with Crippen molar-refractivity contribution >= 4 is 16.9 Å². The van der Waals surface area contributed by atoms with Crippen molar-refractivity contribution < 1.29 is 28.8 Å². The minimum Gasteiger partial charge on any atom is -0.507 e. The number of phenolic OH excluding ortho intramolecular Hbond substituents is 1. The van der Waals surface area contributed by atoms with Crippen LogP contribution in [0.15, 0.2) is 42.6 Å². The molecule has 8 nitrogen and oxygen atoms in total. The first-order valence-electron chi connectivity index (χ1n) is 8.26. The lowest BCUT2D eigenvalue weighted by Crippen LogP contribution is -2.11. The quantitative estimate of drug-likeness (QED) is 0.495. The Balaban J connectivity index is 2.11. The smallest absolute Gasteiger partial charge is 0.344 e. The van der Waals surface area contributed by atoms with Crippen LogP contribution in [0.3, 0.4) is 0 Å². The van der Waals surface area contributed by atoms with Crippen LogP contribution in [-0.4, -0.2) is 43.4 Å². The van der Waals surface area contributed by atoms with Crippen molar-refractivity contribution in [3.8, 4) is 23.3 Å². The Morgan fingerprint density at radius 2 is 1.96 bits per heavy atom. The molecular weight excluding hydrogens is 364 g/mol. The third-order valence-corrected chi connectivity index (χ3v) is 4.03. The van der Waals surface area contributed by atoms with Gasteiger partial charge in [-0.1, -0.05) is 6.07 Å². The summed E-state index contributed by atoms with van der Waals surface area (Å²) in [5.41, 5.74) is 1.81. The number of rotatable bonds is 7. The van der Waals surface area contributed by atoms with Gasteiger partial charge in [-0.3, -0.25) is 0 Å². The van der Waals surface area contributed by atoms with Crippen LogP contribution in [0.4, 0.5) is 0 Å². The van der Waals surface area contributed by atoms with E-state index >= 15 is 0 Å². The van der Waals surface area contributed by atoms with E-state index in [1.807, 2.05) is 0 Å². The Labute approximate surface area is 161 Å². The summed E-state index contributed by atoms with van der Waals surface area (Å²) < 4.78 is 21.9. The molecule has 1 heterocycles. The third kappa shape index (κ3) is 3.62. The Bertz CT molecular complexity index is 1050. The molecule has 0 fully saturated rings. The van der Waals surface area contributed by atoms with E-state index in [1.54, 1.807) is 41.1 Å². The summed E-state index contributed by atoms with van der Waals surface area (Å²) in [7, 11) is 2.88. The van der Waals surface area contributed by atoms with Gasteiger partial charge in [0.15, 0.2) is 13.6 Å². The van der Waals surface area contributed by atoms with Gasteiger partial charge in [0.2, 0.25) is 0 Å². The van der Waals surface area contributed by atoms with Gasteiger partial charge in [0.1, 0.15) is 23.1 Å². The number of fused-ring (bicyclic) bond motifs is 1. The number of phenols is 1. The molecule has 3 rings (SSSR count). The molecule has 0 aliphatic carbocycles. The molecule has 1 N–H and O–H groups in total. The average molecular weight is 382 g/mol. The molecule has 1 aromatic heterocycles. The molecule has 28 heavy (non-hydrogen) atoms. The highest BCUT2D eigenvalue weighted by Crippen LogP contribution is 2.33. The van der Waals surface area contributed by atoms with Crippen LogP contribution in [0.1, 0.15) is 15.9 Å². The van der Waals surface area contributed by atoms with E-state index in [2.05, 4.69) is 6.07 Å². The van der Waals surface area contributed by atoms with Gasteiger partial charge >= 0.3 is 5.97 Å². The zero-order valence-corrected chi connectivity index (χ0v) is 15.3. The molecule has 8 heteroatoms. The molecule has 0 saturated carbocycles. The minimum absolute atomic E-state index is 0.0171. The fourth-order valence-electron chi connectivity index (χ4n) is 2.83. The summed E-state index contributed by atoms with van der Waals surface area (Å²) in [6, 6.07) is 12.0. The number of hydrogen-bond donors (Lipinski definition) is 1. The summed E-state index contributed by atoms with van der Waals surface area (Å²) in [6.07, 6.45) is 1.61. The highest BCUT2D eigenvalue weighted by Gasteiger charge is 2.18. The van der Waals surface area contributed by atoms with Crippen molar-refractivity contribution in [2.45, 2.75) is 0 Å². The summed E-state index contributed by atoms with van der Waals surface area (Å²) in [4.78, 5) is 12.2. The minimum atomic E-state index is -0.604. The van der Waals surface area contributed by atoms with E-state index in [4.69, 9.17) is 18.9 Å². The zero-order chi connectivity index (χ0) is 20.1. The third-order valence-electron chi connectivity index (χ3n) is 4.03. The molecule has 0 atom stereocenters. The fourth-order valence-corrected chi connectivity index (χ4v) is 2.83. The standard InChI is InChI=1S/C20H18N2O6/c1-25-11-27-18-8-14(6-7-15(18)20(24)28-12-26-2)22-10-13(9-21)19-16(22)4-3-5-17(19)23/h3-8,10,23H,11-12H2,1-2H3. The molecular formula is C20H18N2O6. The van der Waals surface area contributed by atoms with Crippen LogP contribution in [0, 0.1) is 11.3 Å². The van der Waals surface area contributed by atoms with Crippen LogP contribution < -0.4 is 4.74 Å². The van der Waals surface area contributed by atoms with E-state index in [-0.39, 0.29) is 30.6 Å². The van der Waals surface area contributed by atoms with Gasteiger partial charge in [0, 0.05) is 32.2 Å². The van der Waals surface area contributed by atoms with Crippen LogP contribution in [0.2, 0.25) is 0 Å². The van der Waals surface area contributed by atoms with E-state index in [1.165, 1.54) is 20.3 Å². The van der Waals surface area contributed by atoms with Gasteiger partial charge in [-0.05, 0) is 24.3 Å². The first-order valence-corrected chi connectivity index (χ1v) is 8.26. The molecule has 0 spiro atoms. The molecule has 2 aromatic carbocycles. The number of aromatic hydroxyl groups is 1. The number of hydrogen-bond acceptors (Lipinski definition) is 7. The molecule has 0 radical (unpaired) electrons. The van der Waals surface area contributed by atoms with E-state index in [0.29, 0.717) is 22.2 Å². The maximum absolute atomic E-state index is 12.2. The number of carbonyl (C=O) groups excluding carboxylic acids is 1. The number of aromatic nitrogens is 1. The number of methoxy groups -OCH3 is 2. The van der Waals surface area contributed by atoms with Crippen molar-refractivity contribution in [3.63, 3.8) is 0 Å². The molecule has 0 aliphatic rings. The molecule has 144 valence electrons. The van der Waals surface area contributed by atoms with Crippen molar-refractivity contribution in [1.82, 2.24) is 4.57 Å². The summed E-state index contributed by atoms with van der Waals surface area (Å²) in [6.45, 7) is -0.248. The average Bonchev–Trinajstić information content (AvgIpc) is 3.10. The van der Waals surface area contributed by atoms with Crippen molar-refractivity contribution in [2.75, 3.05) is 27.8 Å². The van der Waals surface area contributed by atoms with E-state index in [0.717, 1.165) is 0 Å². The molecule has 0 saturated heterocycles. The number of carbonyl (C=O) groups is 1. The lowest BCUT2D eigenvalue weighted by Gasteiger charge is -2.13. The number of benzene rings is 2. The molecule has 0 unspecified atom stereocenters. The van der Waals surface area contributed by atoms with Crippen molar-refractivity contribution in [2.24, 2.45) is 0 Å². The normalized spacial score (nSPS) is 10.6. The van der Waals surface area contributed by atoms with Crippen molar-refractivity contribution in [3.05, 3.63) is 53.7 Å². The maximum atomic E-state index is 12.2. The van der Waals surface area contributed by atoms with Crippen LogP contribution in [0.25, 0.3) is 16.6 Å². The number of esters is 1. The number of nitriles is 1. The fraction of sp³-hybridized carbons (Fsp3) is 0.200. The van der Waals surface area contributed by atoms with Gasteiger partial charge in [-0.15, -0.1) is 0 Å². The maximum Gasteiger partial charge on any atom is 0.344 e. The van der Waals surface area contributed by atoms with Crippen LogP contribution in [-0.2, 0) is 14.2 Å². The largest absolute Gasteiger partial charge is 0.507 e. The second kappa shape index (κ2) is 8.43. The second-order valence-electron chi connectivity index (χ2n) is 5.77. The van der Waals surface area contributed by atoms with Gasteiger partial charge < -0.3 is 28.6 Å². The summed E-state index contributed by atoms with van der Waals surface area (Å²) in [5.74, 6) is -0.336. The second-order valence-corrected chi connectivity index (χ2v) is 5.77. The lowest BCUT2D eigenvalue weighted by molar-refractivity contribution is -0.0132. The van der Waals surface area contributed by atoms with Crippen LogP contribution in [0.5, 0.6) is 11.5 Å². The molecule has 0 amide bonds. The molecule has 0 bridgehead atoms. The monoisotopic (exact) mass is 382 g/mol.